The molecule has 1 amide bonds. The predicted molar refractivity (Wildman–Crippen MR) is 79.0 cm³/mol. The highest BCUT2D eigenvalue weighted by atomic mass is 16.2. The van der Waals surface area contributed by atoms with E-state index in [1.165, 1.54) is 0 Å². The number of hydrogen-bond acceptors (Lipinski definition) is 2. The monoisotopic (exact) mass is 260 g/mol. The van der Waals surface area contributed by atoms with Crippen molar-refractivity contribution in [2.24, 2.45) is 0 Å². The number of fused-ring (bicyclic) bond motifs is 2. The van der Waals surface area contributed by atoms with Gasteiger partial charge in [0.05, 0.1) is 29.5 Å². The molecule has 0 N–H and O–H groups in total. The average Bonchev–Trinajstić information content (AvgIpc) is 2.82. The predicted octanol–water partition coefficient (Wildman–Crippen LogP) is 3.46. The van der Waals surface area contributed by atoms with E-state index in [-0.39, 0.29) is 5.91 Å². The van der Waals surface area contributed by atoms with Gasteiger partial charge in [0.1, 0.15) is 0 Å². The summed E-state index contributed by atoms with van der Waals surface area (Å²) in [5, 5.41) is 1.04. The van der Waals surface area contributed by atoms with Crippen molar-refractivity contribution in [1.29, 1.82) is 0 Å². The molecule has 2 heterocycles. The third-order valence-corrected chi connectivity index (χ3v) is 3.66. The summed E-state index contributed by atoms with van der Waals surface area (Å²) in [6.45, 7) is 0. The van der Waals surface area contributed by atoms with Gasteiger partial charge in [-0.2, -0.15) is 0 Å². The lowest BCUT2D eigenvalue weighted by Crippen LogP contribution is -2.20. The van der Waals surface area contributed by atoms with Crippen molar-refractivity contribution in [1.82, 2.24) is 4.98 Å². The van der Waals surface area contributed by atoms with Crippen molar-refractivity contribution in [2.45, 2.75) is 6.42 Å². The van der Waals surface area contributed by atoms with Gasteiger partial charge in [-0.1, -0.05) is 36.4 Å². The minimum absolute atomic E-state index is 0.100. The van der Waals surface area contributed by atoms with E-state index in [9.17, 15) is 4.79 Å². The van der Waals surface area contributed by atoms with Crippen molar-refractivity contribution in [3.8, 4) is 0 Å². The second-order valence-electron chi connectivity index (χ2n) is 4.92. The topological polar surface area (TPSA) is 33.2 Å². The minimum Gasteiger partial charge on any atom is -0.279 e. The number of nitrogens with zero attached hydrogens (tertiary/aromatic N) is 2. The summed E-state index contributed by atoms with van der Waals surface area (Å²) in [5.41, 5.74) is 3.81. The van der Waals surface area contributed by atoms with Gasteiger partial charge in [-0.05, 0) is 23.8 Å². The van der Waals surface area contributed by atoms with Crippen LogP contribution in [0.3, 0.4) is 0 Å². The molecule has 20 heavy (non-hydrogen) atoms. The van der Waals surface area contributed by atoms with Crippen LogP contribution in [0, 0.1) is 0 Å². The zero-order chi connectivity index (χ0) is 13.5. The van der Waals surface area contributed by atoms with Crippen LogP contribution in [0.5, 0.6) is 0 Å². The van der Waals surface area contributed by atoms with Gasteiger partial charge in [-0.15, -0.1) is 0 Å². The summed E-state index contributed by atoms with van der Waals surface area (Å²) in [5.74, 6) is 0.100. The number of aromatic nitrogens is 1. The summed E-state index contributed by atoms with van der Waals surface area (Å²) < 4.78 is 0. The highest BCUT2D eigenvalue weighted by Gasteiger charge is 2.28. The standard InChI is InChI=1S/C17H12N2O/c20-17-10-13-6-2-4-8-16(13)19(17)14-9-12-5-1-3-7-15(12)18-11-14/h1-9,11H,10H2. The Balaban J connectivity index is 1.89. The quantitative estimate of drug-likeness (QED) is 0.671. The van der Waals surface area contributed by atoms with E-state index < -0.39 is 0 Å². The Labute approximate surface area is 116 Å². The molecule has 4 rings (SSSR count). The molecule has 0 fully saturated rings. The molecule has 1 aliphatic rings. The molecule has 0 spiro atoms. The molecule has 3 aromatic rings. The summed E-state index contributed by atoms with van der Waals surface area (Å²) in [7, 11) is 0. The molecule has 3 nitrogen and oxygen atoms in total. The number of carbonyl (C=O) groups excluding carboxylic acids is 1. The van der Waals surface area contributed by atoms with Gasteiger partial charge in [0.15, 0.2) is 0 Å². The van der Waals surface area contributed by atoms with Crippen LogP contribution < -0.4 is 4.90 Å². The van der Waals surface area contributed by atoms with Crippen LogP contribution in [0.25, 0.3) is 10.9 Å². The first-order chi connectivity index (χ1) is 9.83. The van der Waals surface area contributed by atoms with Crippen LogP contribution in [0.4, 0.5) is 11.4 Å². The Morgan fingerprint density at radius 3 is 2.75 bits per heavy atom. The van der Waals surface area contributed by atoms with Crippen LogP contribution in [-0.2, 0) is 11.2 Å². The summed E-state index contributed by atoms with van der Waals surface area (Å²) in [4.78, 5) is 18.5. The zero-order valence-electron chi connectivity index (χ0n) is 10.8. The second-order valence-corrected chi connectivity index (χ2v) is 4.92. The summed E-state index contributed by atoms with van der Waals surface area (Å²) in [6.07, 6.45) is 2.23. The molecule has 0 unspecified atom stereocenters. The number of anilines is 2. The van der Waals surface area contributed by atoms with Crippen molar-refractivity contribution in [2.75, 3.05) is 4.90 Å². The normalized spacial score (nSPS) is 13.8. The number of pyridine rings is 1. The smallest absolute Gasteiger partial charge is 0.236 e. The Morgan fingerprint density at radius 2 is 1.80 bits per heavy atom. The second kappa shape index (κ2) is 4.17. The van der Waals surface area contributed by atoms with Gasteiger partial charge in [-0.25, -0.2) is 0 Å². The van der Waals surface area contributed by atoms with E-state index in [4.69, 9.17) is 0 Å². The van der Waals surface area contributed by atoms with Crippen LogP contribution in [-0.4, -0.2) is 10.9 Å². The van der Waals surface area contributed by atoms with E-state index in [1.807, 2.05) is 54.6 Å². The van der Waals surface area contributed by atoms with Gasteiger partial charge in [0, 0.05) is 5.39 Å². The maximum absolute atomic E-state index is 12.3. The third kappa shape index (κ3) is 1.60. The number of para-hydroxylation sites is 2. The van der Waals surface area contributed by atoms with Crippen LogP contribution in [0.15, 0.2) is 60.8 Å². The van der Waals surface area contributed by atoms with E-state index in [1.54, 1.807) is 11.1 Å². The van der Waals surface area contributed by atoms with Crippen LogP contribution >= 0.6 is 0 Å². The van der Waals surface area contributed by atoms with Crippen molar-refractivity contribution in [3.63, 3.8) is 0 Å². The molecule has 0 aliphatic carbocycles. The largest absolute Gasteiger partial charge is 0.279 e. The highest BCUT2D eigenvalue weighted by Crippen LogP contribution is 2.35. The molecule has 0 bridgehead atoms. The number of hydrogen-bond donors (Lipinski definition) is 0. The van der Waals surface area contributed by atoms with Gasteiger partial charge < -0.3 is 0 Å². The van der Waals surface area contributed by atoms with Crippen molar-refractivity contribution < 1.29 is 4.79 Å². The Kier molecular flexibility index (Phi) is 2.33. The molecular weight excluding hydrogens is 248 g/mol. The van der Waals surface area contributed by atoms with E-state index in [0.29, 0.717) is 6.42 Å². The summed E-state index contributed by atoms with van der Waals surface area (Å²) in [6, 6.07) is 17.8. The lowest BCUT2D eigenvalue weighted by Gasteiger charge is -2.17. The molecule has 96 valence electrons. The molecule has 1 aliphatic heterocycles. The maximum Gasteiger partial charge on any atom is 0.236 e. The fourth-order valence-electron chi connectivity index (χ4n) is 2.72. The Bertz CT molecular complexity index is 826. The minimum atomic E-state index is 0.100. The average molecular weight is 260 g/mol. The lowest BCUT2D eigenvalue weighted by molar-refractivity contribution is -0.116. The number of amides is 1. The molecule has 0 saturated carbocycles. The molecule has 1 aromatic heterocycles. The number of carbonyl (C=O) groups is 1. The van der Waals surface area contributed by atoms with E-state index >= 15 is 0 Å². The lowest BCUT2D eigenvalue weighted by atomic mass is 10.1. The van der Waals surface area contributed by atoms with Gasteiger partial charge in [-0.3, -0.25) is 14.7 Å². The molecular formula is C17H12N2O. The highest BCUT2D eigenvalue weighted by molar-refractivity contribution is 6.07. The first-order valence-corrected chi connectivity index (χ1v) is 6.58. The number of rotatable bonds is 1. The Morgan fingerprint density at radius 1 is 1.00 bits per heavy atom. The first-order valence-electron chi connectivity index (χ1n) is 6.58. The van der Waals surface area contributed by atoms with Crippen LogP contribution in [0.1, 0.15) is 5.56 Å². The molecule has 3 heteroatoms. The van der Waals surface area contributed by atoms with E-state index in [2.05, 4.69) is 4.98 Å². The molecule has 0 atom stereocenters. The fraction of sp³-hybridized carbons (Fsp3) is 0.0588. The van der Waals surface area contributed by atoms with Crippen LogP contribution in [0.2, 0.25) is 0 Å². The molecule has 0 saturated heterocycles. The van der Waals surface area contributed by atoms with Crippen molar-refractivity contribution in [3.05, 3.63) is 66.4 Å². The van der Waals surface area contributed by atoms with Gasteiger partial charge >= 0.3 is 0 Å². The first kappa shape index (κ1) is 11.2. The Hall–Kier alpha value is -2.68. The maximum atomic E-state index is 12.3. The molecule has 0 radical (unpaired) electrons. The molecule has 2 aromatic carbocycles. The SMILES string of the molecule is O=C1Cc2ccccc2N1c1cnc2ccccc2c1. The van der Waals surface area contributed by atoms with Gasteiger partial charge in [0.25, 0.3) is 0 Å². The third-order valence-electron chi connectivity index (χ3n) is 3.66. The summed E-state index contributed by atoms with van der Waals surface area (Å²) >= 11 is 0. The zero-order valence-corrected chi connectivity index (χ0v) is 10.8. The van der Waals surface area contributed by atoms with Crippen molar-refractivity contribution >= 4 is 28.2 Å². The fourth-order valence-corrected chi connectivity index (χ4v) is 2.72. The van der Waals surface area contributed by atoms with Gasteiger partial charge in [0.2, 0.25) is 5.91 Å². The number of benzene rings is 2. The van der Waals surface area contributed by atoms with E-state index in [0.717, 1.165) is 27.8 Å².